The van der Waals surface area contributed by atoms with Gasteiger partial charge in [-0.2, -0.15) is 0 Å². The van der Waals surface area contributed by atoms with Crippen molar-refractivity contribution in [3.63, 3.8) is 0 Å². The van der Waals surface area contributed by atoms with Gasteiger partial charge in [0.05, 0.1) is 12.7 Å². The molecule has 0 aromatic heterocycles. The average Bonchev–Trinajstić information content (AvgIpc) is 2.01. The topological polar surface area (TPSA) is 46.5 Å². The predicted octanol–water partition coefficient (Wildman–Crippen LogP) is 2.12. The quantitative estimate of drug-likeness (QED) is 0.677. The van der Waals surface area contributed by atoms with Crippen LogP contribution in [0.2, 0.25) is 0 Å². The first-order valence-corrected chi connectivity index (χ1v) is 3.52. The highest BCUT2D eigenvalue weighted by Crippen LogP contribution is 2.15. The van der Waals surface area contributed by atoms with Crippen molar-refractivity contribution < 1.29 is 14.6 Å². The van der Waals surface area contributed by atoms with Gasteiger partial charge in [-0.05, 0) is 30.7 Å². The van der Waals surface area contributed by atoms with E-state index in [1.807, 2.05) is 0 Å². The van der Waals surface area contributed by atoms with Crippen molar-refractivity contribution in [1.82, 2.24) is 0 Å². The van der Waals surface area contributed by atoms with Crippen molar-refractivity contribution in [2.24, 2.45) is 0 Å². The summed E-state index contributed by atoms with van der Waals surface area (Å²) in [5.41, 5.74) is 1.20. The summed E-state index contributed by atoms with van der Waals surface area (Å²) in [6.45, 7) is 1.80. The Hall–Kier alpha value is -1.51. The molecule has 0 amide bonds. The molecule has 1 aromatic carbocycles. The van der Waals surface area contributed by atoms with Crippen LogP contribution in [0.25, 0.3) is 0 Å². The highest BCUT2D eigenvalue weighted by molar-refractivity contribution is 5.89. The van der Waals surface area contributed by atoms with Gasteiger partial charge < -0.3 is 9.84 Å². The molecule has 0 aliphatic heterocycles. The lowest BCUT2D eigenvalue weighted by molar-refractivity contribution is 0.0600. The number of aromatic hydroxyl groups is 1. The maximum Gasteiger partial charge on any atom is 0.337 e. The number of esters is 1. The minimum Gasteiger partial charge on any atom is -0.508 e. The summed E-state index contributed by atoms with van der Waals surface area (Å²) in [5.74, 6) is -0.357. The fourth-order valence-corrected chi connectivity index (χ4v) is 0.999. The first-order chi connectivity index (χ1) is 5.63. The summed E-state index contributed by atoms with van der Waals surface area (Å²) in [4.78, 5) is 11.0. The van der Waals surface area contributed by atoms with E-state index in [1.54, 1.807) is 19.1 Å². The third-order valence-corrected chi connectivity index (χ3v) is 1.48. The van der Waals surface area contributed by atoms with Crippen molar-refractivity contribution in [2.45, 2.75) is 14.4 Å². The largest absolute Gasteiger partial charge is 0.508 e. The molecular formula is C10H14O3. The smallest absolute Gasteiger partial charge is 0.337 e. The molecule has 0 saturated heterocycles. The number of benzene rings is 1. The van der Waals surface area contributed by atoms with Gasteiger partial charge in [-0.1, -0.05) is 7.43 Å². The maximum atomic E-state index is 11.0. The molecule has 0 saturated carbocycles. The van der Waals surface area contributed by atoms with Gasteiger partial charge in [0.15, 0.2) is 0 Å². The molecule has 72 valence electrons. The normalized spacial score (nSPS) is 8.77. The van der Waals surface area contributed by atoms with E-state index >= 15 is 0 Å². The lowest BCUT2D eigenvalue weighted by Crippen LogP contribution is -2.00. The van der Waals surface area contributed by atoms with E-state index in [2.05, 4.69) is 4.74 Å². The summed E-state index contributed by atoms with van der Waals surface area (Å²) in [7, 11) is 1.31. The molecule has 13 heavy (non-hydrogen) atoms. The molecule has 3 nitrogen and oxygen atoms in total. The number of phenolic OH excluding ortho intramolecular Hbond substituents is 1. The monoisotopic (exact) mass is 182 g/mol. The Labute approximate surface area is 78.0 Å². The zero-order chi connectivity index (χ0) is 9.14. The summed E-state index contributed by atoms with van der Waals surface area (Å²) < 4.78 is 4.50. The van der Waals surface area contributed by atoms with Crippen LogP contribution < -0.4 is 0 Å². The molecule has 0 radical (unpaired) electrons. The van der Waals surface area contributed by atoms with E-state index in [0.29, 0.717) is 5.56 Å². The predicted molar refractivity (Wildman–Crippen MR) is 50.9 cm³/mol. The lowest BCUT2D eigenvalue weighted by atomic mass is 10.1. The van der Waals surface area contributed by atoms with Gasteiger partial charge >= 0.3 is 5.97 Å². The zero-order valence-corrected chi connectivity index (χ0v) is 7.00. The molecule has 1 N–H and O–H groups in total. The Morgan fingerprint density at radius 3 is 2.46 bits per heavy atom. The number of hydrogen-bond donors (Lipinski definition) is 1. The van der Waals surface area contributed by atoms with Gasteiger partial charge in [0.2, 0.25) is 0 Å². The van der Waals surface area contributed by atoms with Crippen LogP contribution in [0, 0.1) is 6.92 Å². The molecule has 0 heterocycles. The Morgan fingerprint density at radius 1 is 1.38 bits per heavy atom. The maximum absolute atomic E-state index is 11.0. The molecule has 0 unspecified atom stereocenters. The van der Waals surface area contributed by atoms with Gasteiger partial charge in [-0.25, -0.2) is 4.79 Å². The average molecular weight is 182 g/mol. The van der Waals surface area contributed by atoms with E-state index < -0.39 is 5.97 Å². The van der Waals surface area contributed by atoms with Gasteiger partial charge in [0.1, 0.15) is 5.75 Å². The van der Waals surface area contributed by atoms with Crippen molar-refractivity contribution >= 4 is 5.97 Å². The van der Waals surface area contributed by atoms with Crippen LogP contribution in [0.3, 0.4) is 0 Å². The number of carbonyl (C=O) groups excluding carboxylic acids is 1. The van der Waals surface area contributed by atoms with E-state index in [-0.39, 0.29) is 13.2 Å². The Bertz CT molecular complexity index is 285. The molecule has 1 aromatic rings. The summed E-state index contributed by atoms with van der Waals surface area (Å²) >= 11 is 0. The highest BCUT2D eigenvalue weighted by Gasteiger charge is 2.06. The van der Waals surface area contributed by atoms with Crippen molar-refractivity contribution in [1.29, 1.82) is 0 Å². The van der Waals surface area contributed by atoms with Crippen LogP contribution in [0.1, 0.15) is 23.3 Å². The minimum atomic E-state index is -0.436. The van der Waals surface area contributed by atoms with Crippen molar-refractivity contribution in [2.75, 3.05) is 7.11 Å². The number of ether oxygens (including phenoxy) is 1. The number of phenols is 1. The minimum absolute atomic E-state index is 0. The standard InChI is InChI=1S/C9H10O3.CH4/c1-6-3-7(9(11)12-2)5-8(10)4-6;/h3-5,10H,1-2H3;1H4. The van der Waals surface area contributed by atoms with Crippen LogP contribution in [-0.4, -0.2) is 18.2 Å². The highest BCUT2D eigenvalue weighted by atomic mass is 16.5. The summed E-state index contributed by atoms with van der Waals surface area (Å²) in [6.07, 6.45) is 0. The third kappa shape index (κ3) is 2.78. The second kappa shape index (κ2) is 4.50. The fourth-order valence-electron chi connectivity index (χ4n) is 0.999. The Morgan fingerprint density at radius 2 is 2.00 bits per heavy atom. The molecule has 0 aliphatic carbocycles. The van der Waals surface area contributed by atoms with Crippen molar-refractivity contribution in [3.8, 4) is 5.75 Å². The van der Waals surface area contributed by atoms with Crippen LogP contribution in [0.5, 0.6) is 5.75 Å². The molecule has 0 fully saturated rings. The van der Waals surface area contributed by atoms with Crippen LogP contribution in [0.4, 0.5) is 0 Å². The van der Waals surface area contributed by atoms with Crippen LogP contribution in [-0.2, 0) is 4.74 Å². The number of aryl methyl sites for hydroxylation is 1. The lowest BCUT2D eigenvalue weighted by Gasteiger charge is -2.01. The van der Waals surface area contributed by atoms with E-state index in [1.165, 1.54) is 13.2 Å². The Balaban J connectivity index is 0.00000144. The van der Waals surface area contributed by atoms with E-state index in [0.717, 1.165) is 5.56 Å². The second-order valence-electron chi connectivity index (χ2n) is 2.55. The van der Waals surface area contributed by atoms with E-state index in [9.17, 15) is 4.79 Å². The molecule has 0 spiro atoms. The molecular weight excluding hydrogens is 168 g/mol. The van der Waals surface area contributed by atoms with Crippen molar-refractivity contribution in [3.05, 3.63) is 29.3 Å². The fraction of sp³-hybridized carbons (Fsp3) is 0.300. The van der Waals surface area contributed by atoms with Crippen LogP contribution in [0.15, 0.2) is 18.2 Å². The molecule has 0 atom stereocenters. The molecule has 1 rings (SSSR count). The van der Waals surface area contributed by atoms with Gasteiger partial charge in [-0.3, -0.25) is 0 Å². The van der Waals surface area contributed by atoms with Gasteiger partial charge in [-0.15, -0.1) is 0 Å². The molecule has 0 bridgehead atoms. The number of carbonyl (C=O) groups is 1. The zero-order valence-electron chi connectivity index (χ0n) is 7.00. The molecule has 3 heteroatoms. The van der Waals surface area contributed by atoms with Gasteiger partial charge in [0, 0.05) is 0 Å². The third-order valence-electron chi connectivity index (χ3n) is 1.48. The number of rotatable bonds is 1. The van der Waals surface area contributed by atoms with E-state index in [4.69, 9.17) is 5.11 Å². The number of hydrogen-bond acceptors (Lipinski definition) is 3. The van der Waals surface area contributed by atoms with Crippen LogP contribution >= 0.6 is 0 Å². The summed E-state index contributed by atoms with van der Waals surface area (Å²) in [5, 5.41) is 9.13. The summed E-state index contributed by atoms with van der Waals surface area (Å²) in [6, 6.07) is 4.61. The first kappa shape index (κ1) is 11.5. The first-order valence-electron chi connectivity index (χ1n) is 3.52. The van der Waals surface area contributed by atoms with Gasteiger partial charge in [0.25, 0.3) is 0 Å². The second-order valence-corrected chi connectivity index (χ2v) is 2.55. The SMILES string of the molecule is C.COC(=O)c1cc(C)cc(O)c1. The number of methoxy groups -OCH3 is 1. The molecule has 0 aliphatic rings. The Kier molecular flexibility index (Phi) is 3.98.